The Morgan fingerprint density at radius 1 is 1.12 bits per heavy atom. The molecule has 0 aliphatic carbocycles. The Morgan fingerprint density at radius 2 is 1.79 bits per heavy atom. The van der Waals surface area contributed by atoms with Crippen LogP contribution in [0.25, 0.3) is 0 Å². The van der Waals surface area contributed by atoms with Crippen LogP contribution in [-0.2, 0) is 6.54 Å². The van der Waals surface area contributed by atoms with Gasteiger partial charge in [0.1, 0.15) is 0 Å². The van der Waals surface area contributed by atoms with Gasteiger partial charge in [-0.05, 0) is 37.5 Å². The van der Waals surface area contributed by atoms with E-state index in [4.69, 9.17) is 4.74 Å². The van der Waals surface area contributed by atoms with Crippen LogP contribution in [0.1, 0.15) is 44.3 Å². The summed E-state index contributed by atoms with van der Waals surface area (Å²) in [6.07, 6.45) is 1.62. The molecular formula is C18H20N2O4. The van der Waals surface area contributed by atoms with Crippen LogP contribution in [0.15, 0.2) is 30.5 Å². The Hall–Kier alpha value is -2.89. The number of aryl methyl sites for hydroxylation is 2. The highest BCUT2D eigenvalue weighted by Crippen LogP contribution is 2.19. The summed E-state index contributed by atoms with van der Waals surface area (Å²) >= 11 is 0. The molecule has 6 heteroatoms. The van der Waals surface area contributed by atoms with Crippen LogP contribution in [0.2, 0.25) is 0 Å². The number of carbonyl (C=O) groups excluding carboxylic acids is 1. The Balaban J connectivity index is 2.16. The second-order valence-corrected chi connectivity index (χ2v) is 5.37. The van der Waals surface area contributed by atoms with Crippen LogP contribution in [0.3, 0.4) is 0 Å². The average Bonchev–Trinajstić information content (AvgIpc) is 2.55. The Bertz CT molecular complexity index is 754. The first-order chi connectivity index (χ1) is 11.4. The van der Waals surface area contributed by atoms with Gasteiger partial charge in [0.25, 0.3) is 5.91 Å². The molecule has 0 radical (unpaired) electrons. The van der Waals surface area contributed by atoms with Crippen molar-refractivity contribution in [1.29, 1.82) is 0 Å². The highest BCUT2D eigenvalue weighted by atomic mass is 16.5. The number of hydrogen-bond donors (Lipinski definition) is 2. The number of ether oxygens (including phenoxy) is 1. The van der Waals surface area contributed by atoms with Crippen molar-refractivity contribution < 1.29 is 19.4 Å². The monoisotopic (exact) mass is 328 g/mol. The standard InChI is InChI=1S/C18H20N2O4/c1-4-24-14-8-7-13(9-19-14)10-20-17(21)15-11(2)5-6-12(3)16(15)18(22)23/h5-9H,4,10H2,1-3H3,(H,20,21)(H,22,23). The fourth-order valence-corrected chi connectivity index (χ4v) is 2.40. The molecule has 1 amide bonds. The van der Waals surface area contributed by atoms with Gasteiger partial charge in [0.2, 0.25) is 5.88 Å². The van der Waals surface area contributed by atoms with Gasteiger partial charge in [-0.2, -0.15) is 0 Å². The number of rotatable bonds is 6. The van der Waals surface area contributed by atoms with Crippen LogP contribution >= 0.6 is 0 Å². The zero-order valence-electron chi connectivity index (χ0n) is 13.9. The van der Waals surface area contributed by atoms with Crippen molar-refractivity contribution in [3.05, 3.63) is 58.3 Å². The third-order valence-corrected chi connectivity index (χ3v) is 3.61. The van der Waals surface area contributed by atoms with Gasteiger partial charge in [-0.15, -0.1) is 0 Å². The predicted octanol–water partition coefficient (Wildman–Crippen LogP) is 2.73. The van der Waals surface area contributed by atoms with E-state index in [0.29, 0.717) is 23.6 Å². The van der Waals surface area contributed by atoms with Gasteiger partial charge < -0.3 is 15.2 Å². The number of nitrogens with zero attached hydrogens (tertiary/aromatic N) is 1. The molecule has 0 bridgehead atoms. The first-order valence-electron chi connectivity index (χ1n) is 7.63. The van der Waals surface area contributed by atoms with Gasteiger partial charge in [-0.3, -0.25) is 4.79 Å². The van der Waals surface area contributed by atoms with Crippen molar-refractivity contribution in [2.45, 2.75) is 27.3 Å². The maximum absolute atomic E-state index is 12.5. The highest BCUT2D eigenvalue weighted by Gasteiger charge is 2.21. The summed E-state index contributed by atoms with van der Waals surface area (Å²) in [7, 11) is 0. The lowest BCUT2D eigenvalue weighted by Crippen LogP contribution is -2.26. The molecule has 2 N–H and O–H groups in total. The van der Waals surface area contributed by atoms with Crippen LogP contribution in [0.5, 0.6) is 5.88 Å². The number of carboxylic acids is 1. The summed E-state index contributed by atoms with van der Waals surface area (Å²) in [6.45, 7) is 6.06. The van der Waals surface area contributed by atoms with E-state index in [2.05, 4.69) is 10.3 Å². The van der Waals surface area contributed by atoms with E-state index in [-0.39, 0.29) is 17.7 Å². The normalized spacial score (nSPS) is 10.3. The molecule has 6 nitrogen and oxygen atoms in total. The van der Waals surface area contributed by atoms with Crippen LogP contribution in [0.4, 0.5) is 0 Å². The minimum absolute atomic E-state index is 0.0392. The minimum atomic E-state index is -1.11. The second-order valence-electron chi connectivity index (χ2n) is 5.37. The van der Waals surface area contributed by atoms with E-state index in [0.717, 1.165) is 5.56 Å². The third kappa shape index (κ3) is 3.90. The SMILES string of the molecule is CCOc1ccc(CNC(=O)c2c(C)ccc(C)c2C(=O)O)cn1. The number of benzene rings is 1. The molecule has 2 aromatic rings. The number of carbonyl (C=O) groups is 2. The fourth-order valence-electron chi connectivity index (χ4n) is 2.40. The van der Waals surface area contributed by atoms with Gasteiger partial charge in [0.05, 0.1) is 17.7 Å². The van der Waals surface area contributed by atoms with Gasteiger partial charge in [0.15, 0.2) is 0 Å². The lowest BCUT2D eigenvalue weighted by Gasteiger charge is -2.13. The quantitative estimate of drug-likeness (QED) is 0.851. The fraction of sp³-hybridized carbons (Fsp3) is 0.278. The number of pyridine rings is 1. The number of hydrogen-bond acceptors (Lipinski definition) is 4. The summed E-state index contributed by atoms with van der Waals surface area (Å²) in [5, 5.41) is 12.1. The number of amides is 1. The van der Waals surface area contributed by atoms with E-state index in [1.807, 2.05) is 6.92 Å². The van der Waals surface area contributed by atoms with E-state index in [1.165, 1.54) is 0 Å². The van der Waals surface area contributed by atoms with Gasteiger partial charge in [-0.25, -0.2) is 9.78 Å². The van der Waals surface area contributed by atoms with Crippen molar-refractivity contribution in [2.24, 2.45) is 0 Å². The molecule has 0 saturated carbocycles. The van der Waals surface area contributed by atoms with Gasteiger partial charge in [0, 0.05) is 18.8 Å². The smallest absolute Gasteiger partial charge is 0.336 e. The topological polar surface area (TPSA) is 88.5 Å². The molecule has 0 atom stereocenters. The van der Waals surface area contributed by atoms with Crippen molar-refractivity contribution in [2.75, 3.05) is 6.61 Å². The molecule has 1 aromatic heterocycles. The number of nitrogens with one attached hydrogen (secondary N) is 1. The first-order valence-corrected chi connectivity index (χ1v) is 7.63. The van der Waals surface area contributed by atoms with E-state index < -0.39 is 11.9 Å². The molecule has 0 aliphatic rings. The zero-order valence-corrected chi connectivity index (χ0v) is 13.9. The zero-order chi connectivity index (χ0) is 17.7. The Kier molecular flexibility index (Phi) is 5.52. The average molecular weight is 328 g/mol. The molecule has 0 spiro atoms. The minimum Gasteiger partial charge on any atom is -0.478 e. The molecule has 2 rings (SSSR count). The van der Waals surface area contributed by atoms with Crippen LogP contribution < -0.4 is 10.1 Å². The molecule has 1 aromatic carbocycles. The Labute approximate surface area is 140 Å². The number of aromatic nitrogens is 1. The molecule has 0 saturated heterocycles. The molecule has 0 aliphatic heterocycles. The van der Waals surface area contributed by atoms with Gasteiger partial charge in [-0.1, -0.05) is 18.2 Å². The van der Waals surface area contributed by atoms with Crippen molar-refractivity contribution in [1.82, 2.24) is 10.3 Å². The summed E-state index contributed by atoms with van der Waals surface area (Å²) in [6, 6.07) is 6.98. The maximum Gasteiger partial charge on any atom is 0.336 e. The van der Waals surface area contributed by atoms with Crippen LogP contribution in [-0.4, -0.2) is 28.6 Å². The molecule has 1 heterocycles. The molecule has 0 fully saturated rings. The van der Waals surface area contributed by atoms with Crippen molar-refractivity contribution >= 4 is 11.9 Å². The third-order valence-electron chi connectivity index (χ3n) is 3.61. The molecule has 126 valence electrons. The first kappa shape index (κ1) is 17.5. The Morgan fingerprint density at radius 3 is 2.33 bits per heavy atom. The summed E-state index contributed by atoms with van der Waals surface area (Å²) in [5.74, 6) is -0.998. The van der Waals surface area contributed by atoms with Crippen molar-refractivity contribution in [3.63, 3.8) is 0 Å². The van der Waals surface area contributed by atoms with Gasteiger partial charge >= 0.3 is 5.97 Å². The summed E-state index contributed by atoms with van der Waals surface area (Å²) in [4.78, 5) is 28.1. The highest BCUT2D eigenvalue weighted by molar-refractivity contribution is 6.06. The second kappa shape index (κ2) is 7.59. The largest absolute Gasteiger partial charge is 0.478 e. The molecule has 0 unspecified atom stereocenters. The van der Waals surface area contributed by atoms with E-state index in [1.54, 1.807) is 44.3 Å². The number of aromatic carboxylic acids is 1. The lowest BCUT2D eigenvalue weighted by molar-refractivity contribution is 0.0690. The number of carboxylic acid groups (broad SMARTS) is 1. The molecule has 24 heavy (non-hydrogen) atoms. The van der Waals surface area contributed by atoms with E-state index >= 15 is 0 Å². The predicted molar refractivity (Wildman–Crippen MR) is 89.5 cm³/mol. The maximum atomic E-state index is 12.5. The summed E-state index contributed by atoms with van der Waals surface area (Å²) in [5.41, 5.74) is 2.22. The van der Waals surface area contributed by atoms with E-state index in [9.17, 15) is 14.7 Å². The van der Waals surface area contributed by atoms with Crippen molar-refractivity contribution in [3.8, 4) is 5.88 Å². The summed E-state index contributed by atoms with van der Waals surface area (Å²) < 4.78 is 5.26. The van der Waals surface area contributed by atoms with Crippen LogP contribution in [0, 0.1) is 13.8 Å². The lowest BCUT2D eigenvalue weighted by atomic mass is 9.96. The molecular weight excluding hydrogens is 308 g/mol.